The molecule has 0 radical (unpaired) electrons. The van der Waals surface area contributed by atoms with Gasteiger partial charge in [0.2, 0.25) is 0 Å². The first kappa shape index (κ1) is 18.6. The lowest BCUT2D eigenvalue weighted by atomic mass is 10.1. The molecule has 0 saturated heterocycles. The van der Waals surface area contributed by atoms with Gasteiger partial charge in [-0.25, -0.2) is 9.97 Å². The van der Waals surface area contributed by atoms with Crippen molar-refractivity contribution in [2.24, 2.45) is 0 Å². The highest BCUT2D eigenvalue weighted by Gasteiger charge is 2.16. The van der Waals surface area contributed by atoms with E-state index in [-0.39, 0.29) is 5.91 Å². The van der Waals surface area contributed by atoms with Crippen LogP contribution in [0.3, 0.4) is 0 Å². The summed E-state index contributed by atoms with van der Waals surface area (Å²) >= 11 is 0. The lowest BCUT2D eigenvalue weighted by Crippen LogP contribution is -2.31. The van der Waals surface area contributed by atoms with Gasteiger partial charge in [0.1, 0.15) is 11.5 Å². The predicted molar refractivity (Wildman–Crippen MR) is 107 cm³/mol. The molecule has 0 bridgehead atoms. The van der Waals surface area contributed by atoms with E-state index in [0.717, 1.165) is 5.56 Å². The number of amides is 1. The zero-order chi connectivity index (χ0) is 19.1. The zero-order valence-corrected chi connectivity index (χ0v) is 15.7. The van der Waals surface area contributed by atoms with Crippen molar-refractivity contribution >= 4 is 11.7 Å². The van der Waals surface area contributed by atoms with Gasteiger partial charge < -0.3 is 10.2 Å². The maximum Gasteiger partial charge on any atom is 0.274 e. The van der Waals surface area contributed by atoms with E-state index >= 15 is 0 Å². The number of carbonyl (C=O) groups is 1. The quantitative estimate of drug-likeness (QED) is 0.690. The van der Waals surface area contributed by atoms with Crippen LogP contribution in [-0.2, 0) is 13.1 Å². The fourth-order valence-corrected chi connectivity index (χ4v) is 2.84. The van der Waals surface area contributed by atoms with Gasteiger partial charge in [-0.15, -0.1) is 0 Å². The number of nitrogens with zero attached hydrogens (tertiary/aromatic N) is 3. The smallest absolute Gasteiger partial charge is 0.274 e. The van der Waals surface area contributed by atoms with Crippen molar-refractivity contribution in [3.63, 3.8) is 0 Å². The molecule has 1 amide bonds. The van der Waals surface area contributed by atoms with Crippen LogP contribution in [0.1, 0.15) is 34.1 Å². The Morgan fingerprint density at radius 2 is 1.78 bits per heavy atom. The molecule has 27 heavy (non-hydrogen) atoms. The Balaban J connectivity index is 1.62. The molecule has 1 heterocycles. The van der Waals surface area contributed by atoms with Crippen molar-refractivity contribution in [3.05, 3.63) is 89.4 Å². The molecule has 5 heteroatoms. The van der Waals surface area contributed by atoms with Crippen molar-refractivity contribution in [3.8, 4) is 0 Å². The van der Waals surface area contributed by atoms with Gasteiger partial charge in [-0.1, -0.05) is 60.2 Å². The second-order valence-corrected chi connectivity index (χ2v) is 6.43. The van der Waals surface area contributed by atoms with Crippen LogP contribution in [0.25, 0.3) is 0 Å². The van der Waals surface area contributed by atoms with Crippen LogP contribution in [0.15, 0.2) is 67.0 Å². The summed E-state index contributed by atoms with van der Waals surface area (Å²) in [5.74, 6) is 0.540. The number of carbonyl (C=O) groups excluding carboxylic acids is 1. The number of hydrogen-bond acceptors (Lipinski definition) is 4. The Kier molecular flexibility index (Phi) is 6.15. The van der Waals surface area contributed by atoms with Crippen molar-refractivity contribution in [1.29, 1.82) is 0 Å². The van der Waals surface area contributed by atoms with Crippen molar-refractivity contribution in [2.75, 3.05) is 11.9 Å². The number of rotatable bonds is 7. The summed E-state index contributed by atoms with van der Waals surface area (Å²) in [5, 5.41) is 3.24. The number of anilines is 1. The first-order valence-electron chi connectivity index (χ1n) is 9.10. The van der Waals surface area contributed by atoms with Crippen LogP contribution in [0, 0.1) is 6.92 Å². The average Bonchev–Trinajstić information content (AvgIpc) is 2.71. The summed E-state index contributed by atoms with van der Waals surface area (Å²) in [6.07, 6.45) is 3.15. The maximum absolute atomic E-state index is 12.7. The minimum absolute atomic E-state index is 0.112. The first-order chi connectivity index (χ1) is 13.2. The molecule has 0 fully saturated rings. The van der Waals surface area contributed by atoms with E-state index in [4.69, 9.17) is 0 Å². The molecule has 1 N–H and O–H groups in total. The summed E-state index contributed by atoms with van der Waals surface area (Å²) in [5.41, 5.74) is 3.85. The minimum Gasteiger partial charge on any atom is -0.365 e. The molecule has 0 unspecified atom stereocenters. The zero-order valence-electron chi connectivity index (χ0n) is 15.7. The summed E-state index contributed by atoms with van der Waals surface area (Å²) in [4.78, 5) is 23.1. The highest BCUT2D eigenvalue weighted by molar-refractivity contribution is 5.92. The molecule has 0 spiro atoms. The number of aromatic nitrogens is 2. The van der Waals surface area contributed by atoms with Gasteiger partial charge in [0, 0.05) is 19.6 Å². The van der Waals surface area contributed by atoms with Gasteiger partial charge in [-0.05, 0) is 25.0 Å². The van der Waals surface area contributed by atoms with Gasteiger partial charge in [-0.3, -0.25) is 4.79 Å². The van der Waals surface area contributed by atoms with Crippen LogP contribution >= 0.6 is 0 Å². The molecule has 5 nitrogen and oxygen atoms in total. The van der Waals surface area contributed by atoms with E-state index in [1.54, 1.807) is 11.1 Å². The van der Waals surface area contributed by atoms with Gasteiger partial charge >= 0.3 is 0 Å². The van der Waals surface area contributed by atoms with Crippen molar-refractivity contribution < 1.29 is 4.79 Å². The molecule has 1 aromatic heterocycles. The second kappa shape index (κ2) is 8.94. The lowest BCUT2D eigenvalue weighted by molar-refractivity contribution is 0.0746. The molecular weight excluding hydrogens is 336 g/mol. The summed E-state index contributed by atoms with van der Waals surface area (Å²) in [7, 11) is 0. The number of nitrogens with one attached hydrogen (secondary N) is 1. The Morgan fingerprint density at radius 1 is 1.00 bits per heavy atom. The highest BCUT2D eigenvalue weighted by atomic mass is 16.2. The Morgan fingerprint density at radius 3 is 2.44 bits per heavy atom. The Hall–Kier alpha value is -3.21. The molecule has 138 valence electrons. The monoisotopic (exact) mass is 360 g/mol. The van der Waals surface area contributed by atoms with E-state index in [2.05, 4.69) is 40.4 Å². The van der Waals surface area contributed by atoms with E-state index in [1.807, 2.05) is 43.3 Å². The third-order valence-electron chi connectivity index (χ3n) is 4.31. The molecule has 3 rings (SSSR count). The van der Waals surface area contributed by atoms with E-state index in [0.29, 0.717) is 31.1 Å². The van der Waals surface area contributed by atoms with Crippen LogP contribution in [0.5, 0.6) is 0 Å². The van der Waals surface area contributed by atoms with Crippen molar-refractivity contribution in [1.82, 2.24) is 14.9 Å². The molecule has 0 saturated carbocycles. The molecule has 0 atom stereocenters. The lowest BCUT2D eigenvalue weighted by Gasteiger charge is -2.20. The third kappa shape index (κ3) is 5.14. The SMILES string of the molecule is CCN(Cc1ccccc1)C(=O)c1cnc(NCc2cccc(C)c2)cn1. The second-order valence-electron chi connectivity index (χ2n) is 6.43. The largest absolute Gasteiger partial charge is 0.365 e. The normalized spacial score (nSPS) is 10.4. The van der Waals surface area contributed by atoms with E-state index in [9.17, 15) is 4.79 Å². The molecular formula is C22H24N4O. The van der Waals surface area contributed by atoms with E-state index < -0.39 is 0 Å². The number of benzene rings is 2. The molecule has 2 aromatic carbocycles. The Bertz CT molecular complexity index is 878. The van der Waals surface area contributed by atoms with Gasteiger partial charge in [0.05, 0.1) is 12.4 Å². The fraction of sp³-hybridized carbons (Fsp3) is 0.227. The summed E-state index contributed by atoms with van der Waals surface area (Å²) < 4.78 is 0. The molecule has 0 aliphatic rings. The number of aryl methyl sites for hydroxylation is 1. The predicted octanol–water partition coefficient (Wildman–Crippen LogP) is 4.06. The maximum atomic E-state index is 12.7. The highest BCUT2D eigenvalue weighted by Crippen LogP contribution is 2.11. The molecule has 0 aliphatic heterocycles. The van der Waals surface area contributed by atoms with Gasteiger partial charge in [0.15, 0.2) is 0 Å². The number of hydrogen-bond donors (Lipinski definition) is 1. The van der Waals surface area contributed by atoms with Crippen LogP contribution in [-0.4, -0.2) is 27.3 Å². The van der Waals surface area contributed by atoms with E-state index in [1.165, 1.54) is 17.3 Å². The van der Waals surface area contributed by atoms with Crippen LogP contribution in [0.2, 0.25) is 0 Å². The molecule has 0 aliphatic carbocycles. The summed E-state index contributed by atoms with van der Waals surface area (Å²) in [6.45, 7) is 5.87. The summed E-state index contributed by atoms with van der Waals surface area (Å²) in [6, 6.07) is 18.2. The standard InChI is InChI=1S/C22H24N4O/c1-3-26(16-18-9-5-4-6-10-18)22(27)20-14-25-21(15-23-20)24-13-19-11-7-8-17(2)12-19/h4-12,14-15H,3,13,16H2,1-2H3,(H,24,25). The van der Waals surface area contributed by atoms with Crippen LogP contribution in [0.4, 0.5) is 5.82 Å². The third-order valence-corrected chi connectivity index (χ3v) is 4.31. The first-order valence-corrected chi connectivity index (χ1v) is 9.10. The van der Waals surface area contributed by atoms with Gasteiger partial charge in [0.25, 0.3) is 5.91 Å². The minimum atomic E-state index is -0.112. The average molecular weight is 360 g/mol. The van der Waals surface area contributed by atoms with Gasteiger partial charge in [-0.2, -0.15) is 0 Å². The molecule has 3 aromatic rings. The Labute approximate surface area is 160 Å². The fourth-order valence-electron chi connectivity index (χ4n) is 2.84. The topological polar surface area (TPSA) is 58.1 Å². The van der Waals surface area contributed by atoms with Crippen molar-refractivity contribution in [2.45, 2.75) is 26.9 Å². The van der Waals surface area contributed by atoms with Crippen LogP contribution < -0.4 is 5.32 Å².